The van der Waals surface area contributed by atoms with Crippen LogP contribution in [0.1, 0.15) is 10.4 Å². The number of halogens is 1. The van der Waals surface area contributed by atoms with E-state index < -0.39 is 11.8 Å². The fourth-order valence-corrected chi connectivity index (χ4v) is 1.95. The van der Waals surface area contributed by atoms with E-state index in [1.807, 2.05) is 5.38 Å². The molecule has 1 aromatic carbocycles. The minimum absolute atomic E-state index is 0.0918. The SMILES string of the molecule is Nc1cc(F)c(Nc2ccsc2)cc1C(=O)O. The van der Waals surface area contributed by atoms with E-state index in [1.54, 1.807) is 11.4 Å². The number of thiophene rings is 1. The first kappa shape index (κ1) is 11.4. The molecule has 4 nitrogen and oxygen atoms in total. The van der Waals surface area contributed by atoms with Gasteiger partial charge < -0.3 is 16.2 Å². The first-order chi connectivity index (χ1) is 8.08. The van der Waals surface area contributed by atoms with E-state index in [0.29, 0.717) is 5.69 Å². The number of aromatic carboxylic acids is 1. The molecule has 2 aromatic rings. The van der Waals surface area contributed by atoms with Crippen LogP contribution in [0, 0.1) is 5.82 Å². The Morgan fingerprint density at radius 1 is 1.47 bits per heavy atom. The molecule has 0 atom stereocenters. The van der Waals surface area contributed by atoms with E-state index in [9.17, 15) is 9.18 Å². The Kier molecular flexibility index (Phi) is 2.97. The van der Waals surface area contributed by atoms with E-state index in [1.165, 1.54) is 17.4 Å². The lowest BCUT2D eigenvalue weighted by molar-refractivity contribution is 0.0698. The van der Waals surface area contributed by atoms with Crippen molar-refractivity contribution in [1.82, 2.24) is 0 Å². The van der Waals surface area contributed by atoms with Gasteiger partial charge in [-0.15, -0.1) is 0 Å². The van der Waals surface area contributed by atoms with E-state index in [2.05, 4.69) is 5.32 Å². The molecule has 0 saturated heterocycles. The van der Waals surface area contributed by atoms with Crippen LogP contribution >= 0.6 is 11.3 Å². The number of nitrogens with two attached hydrogens (primary N) is 1. The molecule has 17 heavy (non-hydrogen) atoms. The molecule has 0 aliphatic carbocycles. The lowest BCUT2D eigenvalue weighted by atomic mass is 10.1. The average molecular weight is 252 g/mol. The van der Waals surface area contributed by atoms with Crippen LogP contribution in [-0.4, -0.2) is 11.1 Å². The number of benzene rings is 1. The van der Waals surface area contributed by atoms with Crippen LogP contribution in [0.4, 0.5) is 21.5 Å². The van der Waals surface area contributed by atoms with Gasteiger partial charge in [0, 0.05) is 16.8 Å². The number of hydrogen-bond acceptors (Lipinski definition) is 4. The highest BCUT2D eigenvalue weighted by Gasteiger charge is 2.13. The van der Waals surface area contributed by atoms with Crippen molar-refractivity contribution in [2.24, 2.45) is 0 Å². The highest BCUT2D eigenvalue weighted by molar-refractivity contribution is 7.08. The highest BCUT2D eigenvalue weighted by atomic mass is 32.1. The number of anilines is 3. The van der Waals surface area contributed by atoms with Crippen molar-refractivity contribution in [2.45, 2.75) is 0 Å². The summed E-state index contributed by atoms with van der Waals surface area (Å²) in [7, 11) is 0. The Morgan fingerprint density at radius 2 is 2.24 bits per heavy atom. The second-order valence-corrected chi connectivity index (χ2v) is 4.14. The molecule has 2 rings (SSSR count). The fourth-order valence-electron chi connectivity index (χ4n) is 1.36. The van der Waals surface area contributed by atoms with Gasteiger partial charge in [0.2, 0.25) is 0 Å². The summed E-state index contributed by atoms with van der Waals surface area (Å²) >= 11 is 1.45. The largest absolute Gasteiger partial charge is 0.478 e. The van der Waals surface area contributed by atoms with Gasteiger partial charge in [-0.3, -0.25) is 0 Å². The van der Waals surface area contributed by atoms with Gasteiger partial charge in [0.15, 0.2) is 0 Å². The summed E-state index contributed by atoms with van der Waals surface area (Å²) in [6.45, 7) is 0. The average Bonchev–Trinajstić information content (AvgIpc) is 2.74. The molecule has 0 saturated carbocycles. The van der Waals surface area contributed by atoms with E-state index in [0.717, 1.165) is 6.07 Å². The van der Waals surface area contributed by atoms with Gasteiger partial charge >= 0.3 is 5.97 Å². The van der Waals surface area contributed by atoms with Gasteiger partial charge in [-0.25, -0.2) is 9.18 Å². The van der Waals surface area contributed by atoms with Crippen LogP contribution in [0.15, 0.2) is 29.0 Å². The molecule has 0 bridgehead atoms. The van der Waals surface area contributed by atoms with E-state index in [4.69, 9.17) is 10.8 Å². The third kappa shape index (κ3) is 2.36. The van der Waals surface area contributed by atoms with E-state index >= 15 is 0 Å². The minimum Gasteiger partial charge on any atom is -0.478 e. The van der Waals surface area contributed by atoms with Crippen molar-refractivity contribution >= 4 is 34.4 Å². The molecular weight excluding hydrogens is 243 g/mol. The smallest absolute Gasteiger partial charge is 0.337 e. The third-order valence-corrected chi connectivity index (χ3v) is 2.85. The van der Waals surface area contributed by atoms with Crippen molar-refractivity contribution in [3.63, 3.8) is 0 Å². The maximum absolute atomic E-state index is 13.6. The molecule has 0 amide bonds. The van der Waals surface area contributed by atoms with Gasteiger partial charge in [-0.05, 0) is 23.6 Å². The summed E-state index contributed by atoms with van der Waals surface area (Å²) in [5.41, 5.74) is 6.00. The molecule has 6 heteroatoms. The molecule has 1 heterocycles. The number of carboxylic acids is 1. The van der Waals surface area contributed by atoms with Gasteiger partial charge in [0.1, 0.15) is 5.82 Å². The number of carbonyl (C=O) groups is 1. The maximum atomic E-state index is 13.6. The molecule has 0 unspecified atom stereocenters. The second kappa shape index (κ2) is 4.42. The zero-order chi connectivity index (χ0) is 12.4. The van der Waals surface area contributed by atoms with Crippen molar-refractivity contribution in [1.29, 1.82) is 0 Å². The normalized spacial score (nSPS) is 10.2. The van der Waals surface area contributed by atoms with Crippen molar-refractivity contribution < 1.29 is 14.3 Å². The molecule has 0 aliphatic rings. The predicted molar refractivity (Wildman–Crippen MR) is 65.4 cm³/mol. The summed E-state index contributed by atoms with van der Waals surface area (Å²) in [6, 6.07) is 3.95. The first-order valence-corrected chi connectivity index (χ1v) is 5.63. The number of carboxylic acid groups (broad SMARTS) is 1. The van der Waals surface area contributed by atoms with Crippen LogP contribution in [0.3, 0.4) is 0 Å². The number of hydrogen-bond donors (Lipinski definition) is 3. The summed E-state index contributed by atoms with van der Waals surface area (Å²) in [4.78, 5) is 10.9. The van der Waals surface area contributed by atoms with Gasteiger partial charge in [0.05, 0.1) is 11.3 Å². The number of rotatable bonds is 3. The molecule has 1 aromatic heterocycles. The van der Waals surface area contributed by atoms with Crippen LogP contribution < -0.4 is 11.1 Å². The quantitative estimate of drug-likeness (QED) is 0.734. The third-order valence-electron chi connectivity index (χ3n) is 2.17. The van der Waals surface area contributed by atoms with Gasteiger partial charge in [-0.2, -0.15) is 11.3 Å². The van der Waals surface area contributed by atoms with Crippen molar-refractivity contribution in [2.75, 3.05) is 11.1 Å². The number of nitrogen functional groups attached to an aromatic ring is 1. The van der Waals surface area contributed by atoms with E-state index in [-0.39, 0.29) is 16.9 Å². The highest BCUT2D eigenvalue weighted by Crippen LogP contribution is 2.26. The fraction of sp³-hybridized carbons (Fsp3) is 0. The summed E-state index contributed by atoms with van der Waals surface area (Å²) < 4.78 is 13.6. The van der Waals surface area contributed by atoms with Crippen molar-refractivity contribution in [3.05, 3.63) is 40.3 Å². The van der Waals surface area contributed by atoms with Crippen LogP contribution in [0.2, 0.25) is 0 Å². The second-order valence-electron chi connectivity index (χ2n) is 3.36. The Balaban J connectivity index is 2.40. The molecule has 0 fully saturated rings. The Labute approximate surface area is 101 Å². The molecule has 88 valence electrons. The summed E-state index contributed by atoms with van der Waals surface area (Å²) in [6.07, 6.45) is 0. The van der Waals surface area contributed by atoms with Crippen LogP contribution in [-0.2, 0) is 0 Å². The van der Waals surface area contributed by atoms with Gasteiger partial charge in [0.25, 0.3) is 0 Å². The molecule has 0 aliphatic heterocycles. The monoisotopic (exact) mass is 252 g/mol. The van der Waals surface area contributed by atoms with Gasteiger partial charge in [-0.1, -0.05) is 0 Å². The lowest BCUT2D eigenvalue weighted by Crippen LogP contribution is -2.05. The topological polar surface area (TPSA) is 75.3 Å². The minimum atomic E-state index is -1.18. The Morgan fingerprint density at radius 3 is 2.82 bits per heavy atom. The molecule has 0 radical (unpaired) electrons. The zero-order valence-corrected chi connectivity index (χ0v) is 9.42. The summed E-state index contributed by atoms with van der Waals surface area (Å²) in [5.74, 6) is -1.77. The lowest BCUT2D eigenvalue weighted by Gasteiger charge is -2.08. The molecule has 4 N–H and O–H groups in total. The standard InChI is InChI=1S/C11H9FN2O2S/c12-8-4-9(13)7(11(15)16)3-10(8)14-6-1-2-17-5-6/h1-5,14H,13H2,(H,15,16). The summed E-state index contributed by atoms with van der Waals surface area (Å²) in [5, 5.41) is 15.3. The predicted octanol–water partition coefficient (Wildman–Crippen LogP) is 2.91. The van der Waals surface area contributed by atoms with Crippen molar-refractivity contribution in [3.8, 4) is 0 Å². The first-order valence-electron chi connectivity index (χ1n) is 4.69. The zero-order valence-electron chi connectivity index (χ0n) is 8.61. The van der Waals surface area contributed by atoms with Crippen LogP contribution in [0.5, 0.6) is 0 Å². The Bertz CT molecular complexity index is 555. The van der Waals surface area contributed by atoms with Crippen LogP contribution in [0.25, 0.3) is 0 Å². The Hall–Kier alpha value is -2.08. The number of nitrogens with one attached hydrogen (secondary N) is 1. The molecule has 0 spiro atoms. The maximum Gasteiger partial charge on any atom is 0.337 e. The molecular formula is C11H9FN2O2S.